The molecule has 2 aliphatic rings. The average Bonchev–Trinajstić information content (AvgIpc) is 2.29. The Morgan fingerprint density at radius 2 is 2.06 bits per heavy atom. The summed E-state index contributed by atoms with van der Waals surface area (Å²) in [5.74, 6) is 0.254. The number of carbonyl (C=O) groups is 1. The summed E-state index contributed by atoms with van der Waals surface area (Å²) in [6, 6.07) is 0. The minimum absolute atomic E-state index is 0.184. The Kier molecular flexibility index (Phi) is 3.76. The number of hydrogen-bond acceptors (Lipinski definition) is 2. The van der Waals surface area contributed by atoms with Crippen LogP contribution in [0.3, 0.4) is 0 Å². The molecule has 3 heteroatoms. The molecule has 1 amide bonds. The average molecular weight is 238 g/mol. The van der Waals surface area contributed by atoms with Crippen molar-refractivity contribution in [1.82, 2.24) is 10.6 Å². The molecule has 0 spiro atoms. The van der Waals surface area contributed by atoms with Gasteiger partial charge >= 0.3 is 0 Å². The first-order valence-corrected chi connectivity index (χ1v) is 7.09. The van der Waals surface area contributed by atoms with Crippen molar-refractivity contribution in [3.63, 3.8) is 0 Å². The highest BCUT2D eigenvalue weighted by atomic mass is 16.2. The molecule has 3 nitrogen and oxygen atoms in total. The van der Waals surface area contributed by atoms with Crippen LogP contribution in [0.2, 0.25) is 0 Å². The van der Waals surface area contributed by atoms with E-state index in [2.05, 4.69) is 24.5 Å². The first-order valence-electron chi connectivity index (χ1n) is 7.09. The van der Waals surface area contributed by atoms with Crippen molar-refractivity contribution < 1.29 is 4.79 Å². The van der Waals surface area contributed by atoms with Gasteiger partial charge in [0.1, 0.15) is 0 Å². The van der Waals surface area contributed by atoms with E-state index in [1.54, 1.807) is 0 Å². The Hall–Kier alpha value is -0.570. The van der Waals surface area contributed by atoms with Crippen LogP contribution in [-0.2, 0) is 4.79 Å². The lowest BCUT2D eigenvalue weighted by atomic mass is 9.67. The summed E-state index contributed by atoms with van der Waals surface area (Å²) in [6.07, 6.45) is 7.25. The predicted octanol–water partition coefficient (Wildman–Crippen LogP) is 2.07. The minimum atomic E-state index is -0.184. The third-order valence-corrected chi connectivity index (χ3v) is 4.93. The van der Waals surface area contributed by atoms with E-state index >= 15 is 0 Å². The second-order valence-electron chi connectivity index (χ2n) is 6.23. The van der Waals surface area contributed by atoms with Crippen LogP contribution >= 0.6 is 0 Å². The van der Waals surface area contributed by atoms with Crippen LogP contribution in [-0.4, -0.2) is 25.5 Å². The molecular formula is C14H26N2O. The number of rotatable bonds is 4. The van der Waals surface area contributed by atoms with E-state index < -0.39 is 0 Å². The SMILES string of the molecule is CCC1(CNC(=O)C2(C)CCCNC2)CCC1. The van der Waals surface area contributed by atoms with Gasteiger partial charge in [0.05, 0.1) is 5.41 Å². The molecule has 98 valence electrons. The lowest BCUT2D eigenvalue weighted by Gasteiger charge is -2.42. The summed E-state index contributed by atoms with van der Waals surface area (Å²) in [5, 5.41) is 6.54. The van der Waals surface area contributed by atoms with E-state index in [9.17, 15) is 4.79 Å². The Morgan fingerprint density at radius 3 is 2.53 bits per heavy atom. The molecule has 1 saturated heterocycles. The van der Waals surface area contributed by atoms with Crippen LogP contribution in [0.4, 0.5) is 0 Å². The summed E-state index contributed by atoms with van der Waals surface area (Å²) < 4.78 is 0. The monoisotopic (exact) mass is 238 g/mol. The van der Waals surface area contributed by atoms with Crippen molar-refractivity contribution in [3.8, 4) is 0 Å². The zero-order valence-electron chi connectivity index (χ0n) is 11.3. The highest BCUT2D eigenvalue weighted by Crippen LogP contribution is 2.43. The quantitative estimate of drug-likeness (QED) is 0.787. The number of carbonyl (C=O) groups excluding carboxylic acids is 1. The molecule has 1 unspecified atom stereocenters. The van der Waals surface area contributed by atoms with Gasteiger partial charge in [0.25, 0.3) is 0 Å². The van der Waals surface area contributed by atoms with Crippen LogP contribution in [0.25, 0.3) is 0 Å². The molecule has 2 rings (SSSR count). The summed E-state index contributed by atoms with van der Waals surface area (Å²) in [7, 11) is 0. The van der Waals surface area contributed by atoms with Gasteiger partial charge in [0, 0.05) is 13.1 Å². The Morgan fingerprint density at radius 1 is 1.29 bits per heavy atom. The maximum Gasteiger partial charge on any atom is 0.227 e. The normalized spacial score (nSPS) is 31.6. The summed E-state index contributed by atoms with van der Waals surface area (Å²) in [5.41, 5.74) is 0.241. The lowest BCUT2D eigenvalue weighted by Crippen LogP contribution is -2.51. The Labute approximate surface area is 105 Å². The molecule has 0 aromatic rings. The minimum Gasteiger partial charge on any atom is -0.355 e. The van der Waals surface area contributed by atoms with Crippen LogP contribution < -0.4 is 10.6 Å². The molecule has 0 bridgehead atoms. The van der Waals surface area contributed by atoms with Gasteiger partial charge in [-0.15, -0.1) is 0 Å². The fourth-order valence-corrected chi connectivity index (χ4v) is 3.06. The highest BCUT2D eigenvalue weighted by molar-refractivity contribution is 5.82. The van der Waals surface area contributed by atoms with E-state index in [1.807, 2.05) is 0 Å². The van der Waals surface area contributed by atoms with Crippen LogP contribution in [0, 0.1) is 10.8 Å². The molecule has 1 heterocycles. The summed E-state index contributed by atoms with van der Waals surface area (Å²) in [6.45, 7) is 7.11. The molecule has 1 atom stereocenters. The maximum absolute atomic E-state index is 12.3. The smallest absolute Gasteiger partial charge is 0.227 e. The van der Waals surface area contributed by atoms with Gasteiger partial charge in [0.15, 0.2) is 0 Å². The van der Waals surface area contributed by atoms with Crippen molar-refractivity contribution >= 4 is 5.91 Å². The highest BCUT2D eigenvalue weighted by Gasteiger charge is 2.38. The number of hydrogen-bond donors (Lipinski definition) is 2. The lowest BCUT2D eigenvalue weighted by molar-refractivity contribution is -0.132. The van der Waals surface area contributed by atoms with Crippen molar-refractivity contribution in [3.05, 3.63) is 0 Å². The zero-order valence-corrected chi connectivity index (χ0v) is 11.3. The first-order chi connectivity index (χ1) is 8.10. The van der Waals surface area contributed by atoms with E-state index in [0.717, 1.165) is 32.5 Å². The van der Waals surface area contributed by atoms with Crippen molar-refractivity contribution in [2.75, 3.05) is 19.6 Å². The topological polar surface area (TPSA) is 41.1 Å². The third kappa shape index (κ3) is 2.65. The Bertz CT molecular complexity index is 272. The second-order valence-corrected chi connectivity index (χ2v) is 6.23. The molecule has 2 fully saturated rings. The summed E-state index contributed by atoms with van der Waals surface area (Å²) in [4.78, 5) is 12.3. The molecule has 0 aromatic carbocycles. The standard InChI is InChI=1S/C14H26N2O/c1-3-14(7-4-8-14)11-16-12(17)13(2)6-5-9-15-10-13/h15H,3-11H2,1-2H3,(H,16,17). The zero-order chi connectivity index (χ0) is 12.4. The number of amides is 1. The van der Waals surface area contributed by atoms with Gasteiger partial charge in [-0.2, -0.15) is 0 Å². The van der Waals surface area contributed by atoms with E-state index in [1.165, 1.54) is 25.7 Å². The van der Waals surface area contributed by atoms with Gasteiger partial charge in [0.2, 0.25) is 5.91 Å². The molecule has 0 aromatic heterocycles. The maximum atomic E-state index is 12.3. The molecular weight excluding hydrogens is 212 g/mol. The van der Waals surface area contributed by atoms with E-state index in [-0.39, 0.29) is 11.3 Å². The summed E-state index contributed by atoms with van der Waals surface area (Å²) >= 11 is 0. The van der Waals surface area contributed by atoms with E-state index in [0.29, 0.717) is 5.41 Å². The van der Waals surface area contributed by atoms with Gasteiger partial charge in [-0.1, -0.05) is 13.3 Å². The molecule has 0 radical (unpaired) electrons. The molecule has 1 aliphatic carbocycles. The van der Waals surface area contributed by atoms with Crippen LogP contribution in [0.5, 0.6) is 0 Å². The van der Waals surface area contributed by atoms with Gasteiger partial charge in [-0.3, -0.25) is 4.79 Å². The predicted molar refractivity (Wildman–Crippen MR) is 69.8 cm³/mol. The molecule has 1 saturated carbocycles. The molecule has 17 heavy (non-hydrogen) atoms. The van der Waals surface area contributed by atoms with Crippen LogP contribution in [0.1, 0.15) is 52.4 Å². The fourth-order valence-electron chi connectivity index (χ4n) is 3.06. The van der Waals surface area contributed by atoms with Crippen LogP contribution in [0.15, 0.2) is 0 Å². The van der Waals surface area contributed by atoms with Gasteiger partial charge < -0.3 is 10.6 Å². The van der Waals surface area contributed by atoms with Gasteiger partial charge in [-0.25, -0.2) is 0 Å². The first kappa shape index (κ1) is 12.9. The number of piperidine rings is 1. The largest absolute Gasteiger partial charge is 0.355 e. The van der Waals surface area contributed by atoms with E-state index in [4.69, 9.17) is 0 Å². The van der Waals surface area contributed by atoms with Gasteiger partial charge in [-0.05, 0) is 51.0 Å². The van der Waals surface area contributed by atoms with Crippen molar-refractivity contribution in [2.45, 2.75) is 52.4 Å². The number of nitrogens with one attached hydrogen (secondary N) is 2. The molecule has 2 N–H and O–H groups in total. The third-order valence-electron chi connectivity index (χ3n) is 4.93. The Balaban J connectivity index is 1.84. The fraction of sp³-hybridized carbons (Fsp3) is 0.929. The second kappa shape index (κ2) is 4.97. The van der Waals surface area contributed by atoms with Crippen molar-refractivity contribution in [1.29, 1.82) is 0 Å². The molecule has 1 aliphatic heterocycles. The van der Waals surface area contributed by atoms with Crippen molar-refractivity contribution in [2.24, 2.45) is 10.8 Å².